The zero-order chi connectivity index (χ0) is 17.2. The summed E-state index contributed by atoms with van der Waals surface area (Å²) >= 11 is 0. The van der Waals surface area contributed by atoms with Gasteiger partial charge in [-0.1, -0.05) is 23.4 Å². The number of amides is 1. The van der Waals surface area contributed by atoms with Crippen LogP contribution < -0.4 is 0 Å². The third-order valence-corrected chi connectivity index (χ3v) is 4.08. The van der Waals surface area contributed by atoms with Crippen molar-refractivity contribution in [3.63, 3.8) is 0 Å². The molecule has 3 heterocycles. The van der Waals surface area contributed by atoms with E-state index < -0.39 is 6.04 Å². The summed E-state index contributed by atoms with van der Waals surface area (Å²) in [4.78, 5) is 23.1. The number of aryl methyl sites for hydroxylation is 1. The lowest BCUT2D eigenvalue weighted by Crippen LogP contribution is -2.44. The van der Waals surface area contributed by atoms with Gasteiger partial charge < -0.3 is 18.6 Å². The van der Waals surface area contributed by atoms with Crippen molar-refractivity contribution in [3.05, 3.63) is 54.0 Å². The molecule has 1 fully saturated rings. The van der Waals surface area contributed by atoms with Gasteiger partial charge in [0.15, 0.2) is 5.82 Å². The van der Waals surface area contributed by atoms with Crippen LogP contribution in [-0.4, -0.2) is 45.7 Å². The number of rotatable bonds is 3. The molecular weight excluding hydrogens is 324 g/mol. The molecule has 1 aromatic carbocycles. The summed E-state index contributed by atoms with van der Waals surface area (Å²) in [6, 6.07) is 9.06. The number of ether oxygens (including phenoxy) is 1. The highest BCUT2D eigenvalue weighted by Crippen LogP contribution is 2.27. The third kappa shape index (κ3) is 2.91. The Balaban J connectivity index is 1.65. The maximum Gasteiger partial charge on any atom is 0.292 e. The quantitative estimate of drug-likeness (QED) is 0.721. The minimum atomic E-state index is -0.412. The van der Waals surface area contributed by atoms with Gasteiger partial charge in [-0.05, 0) is 19.1 Å². The first-order valence-corrected chi connectivity index (χ1v) is 7.92. The minimum Gasteiger partial charge on any atom is -0.431 e. The van der Waals surface area contributed by atoms with Gasteiger partial charge in [0.05, 0.1) is 18.9 Å². The first-order chi connectivity index (χ1) is 12.2. The minimum absolute atomic E-state index is 0.217. The molecule has 0 bridgehead atoms. The van der Waals surface area contributed by atoms with E-state index in [0.29, 0.717) is 37.2 Å². The Labute approximate surface area is 143 Å². The topological polar surface area (TPSA) is 94.5 Å². The molecule has 2 aromatic heterocycles. The van der Waals surface area contributed by atoms with E-state index in [0.717, 1.165) is 5.56 Å². The van der Waals surface area contributed by atoms with Crippen LogP contribution in [0, 0.1) is 6.92 Å². The summed E-state index contributed by atoms with van der Waals surface area (Å²) < 4.78 is 16.0. The van der Waals surface area contributed by atoms with Crippen molar-refractivity contribution < 1.29 is 18.5 Å². The number of benzene rings is 1. The molecular formula is C17H16N4O4. The number of morpholine rings is 1. The van der Waals surface area contributed by atoms with Crippen LogP contribution >= 0.6 is 0 Å². The predicted octanol–water partition coefficient (Wildman–Crippen LogP) is 2.25. The van der Waals surface area contributed by atoms with Crippen molar-refractivity contribution in [2.75, 3.05) is 19.8 Å². The van der Waals surface area contributed by atoms with Gasteiger partial charge >= 0.3 is 0 Å². The van der Waals surface area contributed by atoms with Gasteiger partial charge in [0.1, 0.15) is 6.04 Å². The summed E-state index contributed by atoms with van der Waals surface area (Å²) in [5, 5.41) is 3.84. The van der Waals surface area contributed by atoms with Gasteiger partial charge in [-0.15, -0.1) is 0 Å². The fraction of sp³-hybridized carbons (Fsp3) is 0.294. The molecule has 0 unspecified atom stereocenters. The molecule has 1 aliphatic heterocycles. The third-order valence-electron chi connectivity index (χ3n) is 4.08. The Hall–Kier alpha value is -3.00. The number of carbonyl (C=O) groups excluding carboxylic acids is 1. The van der Waals surface area contributed by atoms with Crippen molar-refractivity contribution >= 4 is 5.91 Å². The number of oxazole rings is 1. The Morgan fingerprint density at radius 2 is 2.12 bits per heavy atom. The molecule has 128 valence electrons. The average Bonchev–Trinajstić information content (AvgIpc) is 3.32. The van der Waals surface area contributed by atoms with Gasteiger partial charge in [0, 0.05) is 12.1 Å². The monoisotopic (exact) mass is 340 g/mol. The fourth-order valence-electron chi connectivity index (χ4n) is 2.82. The highest BCUT2D eigenvalue weighted by Gasteiger charge is 2.34. The predicted molar refractivity (Wildman–Crippen MR) is 85.6 cm³/mol. The second kappa shape index (κ2) is 6.48. The fourth-order valence-corrected chi connectivity index (χ4v) is 2.82. The standard InChI is InChI=1S/C17H16N4O4/c1-11-14(25-16(19-11)12-5-3-2-4-6-12)17(22)21-7-8-23-9-13(21)15-18-10-24-20-15/h2-6,10,13H,7-9H2,1H3/t13-/m1/s1. The Kier molecular flexibility index (Phi) is 4.02. The van der Waals surface area contributed by atoms with Crippen LogP contribution in [0.4, 0.5) is 0 Å². The average molecular weight is 340 g/mol. The number of aromatic nitrogens is 3. The summed E-state index contributed by atoms with van der Waals surface area (Å²) in [6.07, 6.45) is 1.24. The molecule has 8 nitrogen and oxygen atoms in total. The highest BCUT2D eigenvalue weighted by atomic mass is 16.5. The van der Waals surface area contributed by atoms with E-state index in [9.17, 15) is 4.79 Å². The van der Waals surface area contributed by atoms with Gasteiger partial charge in [-0.25, -0.2) is 4.98 Å². The van der Waals surface area contributed by atoms with Crippen LogP contribution in [0.15, 0.2) is 45.7 Å². The second-order valence-corrected chi connectivity index (χ2v) is 5.68. The maximum absolute atomic E-state index is 13.0. The highest BCUT2D eigenvalue weighted by molar-refractivity contribution is 5.93. The normalized spacial score (nSPS) is 17.6. The molecule has 0 spiro atoms. The number of hydrogen-bond acceptors (Lipinski definition) is 7. The molecule has 1 saturated heterocycles. The van der Waals surface area contributed by atoms with E-state index in [1.807, 2.05) is 30.3 Å². The second-order valence-electron chi connectivity index (χ2n) is 5.68. The Bertz CT molecular complexity index is 860. The molecule has 3 aromatic rings. The van der Waals surface area contributed by atoms with Crippen LogP contribution in [0.5, 0.6) is 0 Å². The number of hydrogen-bond donors (Lipinski definition) is 0. The summed E-state index contributed by atoms with van der Waals surface area (Å²) in [5.41, 5.74) is 1.36. The molecule has 0 N–H and O–H groups in total. The summed E-state index contributed by atoms with van der Waals surface area (Å²) in [7, 11) is 0. The van der Waals surface area contributed by atoms with Crippen molar-refractivity contribution in [2.24, 2.45) is 0 Å². The van der Waals surface area contributed by atoms with Gasteiger partial charge in [-0.2, -0.15) is 4.98 Å². The van der Waals surface area contributed by atoms with Crippen molar-refractivity contribution in [2.45, 2.75) is 13.0 Å². The zero-order valence-corrected chi connectivity index (χ0v) is 13.6. The van der Waals surface area contributed by atoms with E-state index in [1.165, 1.54) is 6.39 Å². The first-order valence-electron chi connectivity index (χ1n) is 7.92. The largest absolute Gasteiger partial charge is 0.431 e. The van der Waals surface area contributed by atoms with Crippen LogP contribution in [0.1, 0.15) is 28.1 Å². The molecule has 1 amide bonds. The van der Waals surface area contributed by atoms with Crippen LogP contribution in [-0.2, 0) is 4.74 Å². The molecule has 0 saturated carbocycles. The zero-order valence-electron chi connectivity index (χ0n) is 13.6. The van der Waals surface area contributed by atoms with Gasteiger partial charge in [-0.3, -0.25) is 4.79 Å². The molecule has 4 rings (SSSR count). The molecule has 8 heteroatoms. The summed E-state index contributed by atoms with van der Waals surface area (Å²) in [5.74, 6) is 0.791. The smallest absolute Gasteiger partial charge is 0.292 e. The molecule has 1 atom stereocenters. The van der Waals surface area contributed by atoms with Crippen LogP contribution in [0.3, 0.4) is 0 Å². The van der Waals surface area contributed by atoms with E-state index in [2.05, 4.69) is 15.1 Å². The number of carbonyl (C=O) groups is 1. The molecule has 25 heavy (non-hydrogen) atoms. The SMILES string of the molecule is Cc1nc(-c2ccccc2)oc1C(=O)N1CCOC[C@@H]1c1ncon1. The van der Waals surface area contributed by atoms with E-state index in [4.69, 9.17) is 13.7 Å². The lowest BCUT2D eigenvalue weighted by Gasteiger charge is -2.33. The van der Waals surface area contributed by atoms with Crippen LogP contribution in [0.25, 0.3) is 11.5 Å². The number of nitrogens with zero attached hydrogens (tertiary/aromatic N) is 4. The van der Waals surface area contributed by atoms with E-state index in [-0.39, 0.29) is 11.7 Å². The molecule has 0 aliphatic carbocycles. The van der Waals surface area contributed by atoms with E-state index in [1.54, 1.807) is 11.8 Å². The van der Waals surface area contributed by atoms with Crippen molar-refractivity contribution in [3.8, 4) is 11.5 Å². The van der Waals surface area contributed by atoms with Gasteiger partial charge in [0.2, 0.25) is 18.0 Å². The maximum atomic E-state index is 13.0. The lowest BCUT2D eigenvalue weighted by molar-refractivity contribution is -0.00730. The van der Waals surface area contributed by atoms with Crippen molar-refractivity contribution in [1.82, 2.24) is 20.0 Å². The Morgan fingerprint density at radius 3 is 2.88 bits per heavy atom. The van der Waals surface area contributed by atoms with Gasteiger partial charge in [0.25, 0.3) is 5.91 Å². The molecule has 0 radical (unpaired) electrons. The summed E-state index contributed by atoms with van der Waals surface area (Å²) in [6.45, 7) is 2.93. The van der Waals surface area contributed by atoms with E-state index >= 15 is 0 Å². The lowest BCUT2D eigenvalue weighted by atomic mass is 10.2. The molecule has 1 aliphatic rings. The van der Waals surface area contributed by atoms with Crippen LogP contribution in [0.2, 0.25) is 0 Å². The first kappa shape index (κ1) is 15.5. The Morgan fingerprint density at radius 1 is 1.28 bits per heavy atom. The van der Waals surface area contributed by atoms with Crippen molar-refractivity contribution in [1.29, 1.82) is 0 Å².